The van der Waals surface area contributed by atoms with Gasteiger partial charge in [0.05, 0.1) is 29.3 Å². The molecule has 0 atom stereocenters. The van der Waals surface area contributed by atoms with Crippen LogP contribution in [0.15, 0.2) is 57.4 Å². The number of aryl methyl sites for hydroxylation is 1. The average Bonchev–Trinajstić information content (AvgIpc) is 2.98. The van der Waals surface area contributed by atoms with Gasteiger partial charge in [0, 0.05) is 31.4 Å². The maximum atomic E-state index is 15.7. The standard InChI is InChI=1S/C32H35F2N7O/c1-5-13-35-19-36-18-22-11-15-40(16-12-22)30-24-17-26(34)28(23-8-6-7-9-25(23)33)38-31(24)41(32(42)39-30)29-21(4)10-14-37-27(29)20(2)3/h6-10,14,17,20,22H,5,11-13,15-16,18H2,1-4H3. The number of hydrogen-bond acceptors (Lipinski definition) is 7. The Balaban J connectivity index is 1.65. The van der Waals surface area contributed by atoms with Gasteiger partial charge in [-0.1, -0.05) is 32.9 Å². The molecular formula is C32H35F2N7O. The van der Waals surface area contributed by atoms with E-state index in [2.05, 4.69) is 37.9 Å². The lowest BCUT2D eigenvalue weighted by molar-refractivity contribution is 0.414. The number of pyridine rings is 2. The predicted molar refractivity (Wildman–Crippen MR) is 162 cm³/mol. The van der Waals surface area contributed by atoms with E-state index < -0.39 is 17.3 Å². The molecule has 1 aliphatic heterocycles. The van der Waals surface area contributed by atoms with Crippen molar-refractivity contribution in [3.63, 3.8) is 0 Å². The predicted octanol–water partition coefficient (Wildman–Crippen LogP) is 6.35. The molecule has 4 heterocycles. The molecule has 10 heteroatoms. The van der Waals surface area contributed by atoms with Crippen molar-refractivity contribution < 1.29 is 8.78 Å². The number of nitrogens with zero attached hydrogens (tertiary/aromatic N) is 7. The molecular weight excluding hydrogens is 536 g/mol. The molecule has 0 bridgehead atoms. The van der Waals surface area contributed by atoms with Crippen LogP contribution in [-0.4, -0.2) is 51.7 Å². The molecule has 42 heavy (non-hydrogen) atoms. The van der Waals surface area contributed by atoms with Gasteiger partial charge < -0.3 is 4.90 Å². The molecule has 4 aromatic rings. The van der Waals surface area contributed by atoms with Crippen molar-refractivity contribution in [1.29, 1.82) is 0 Å². The second kappa shape index (κ2) is 12.7. The quantitative estimate of drug-likeness (QED) is 0.230. The molecule has 1 fully saturated rings. The van der Waals surface area contributed by atoms with E-state index in [4.69, 9.17) is 0 Å². The second-order valence-corrected chi connectivity index (χ2v) is 11.0. The third-order valence-corrected chi connectivity index (χ3v) is 7.60. The summed E-state index contributed by atoms with van der Waals surface area (Å²) >= 11 is 0. The molecule has 1 aliphatic rings. The van der Waals surface area contributed by atoms with Gasteiger partial charge in [0.2, 0.25) is 0 Å². The number of benzene rings is 1. The monoisotopic (exact) mass is 571 g/mol. The van der Waals surface area contributed by atoms with Crippen LogP contribution in [0.1, 0.15) is 57.2 Å². The molecule has 3 aromatic heterocycles. The van der Waals surface area contributed by atoms with Gasteiger partial charge in [0.25, 0.3) is 0 Å². The number of anilines is 1. The molecule has 0 aliphatic carbocycles. The van der Waals surface area contributed by atoms with Crippen LogP contribution in [0.2, 0.25) is 0 Å². The van der Waals surface area contributed by atoms with E-state index in [0.717, 1.165) is 24.8 Å². The fraction of sp³-hybridized carbons (Fsp3) is 0.406. The van der Waals surface area contributed by atoms with E-state index in [9.17, 15) is 9.18 Å². The van der Waals surface area contributed by atoms with E-state index in [1.807, 2.05) is 31.7 Å². The van der Waals surface area contributed by atoms with Crippen molar-refractivity contribution >= 4 is 22.9 Å². The van der Waals surface area contributed by atoms with E-state index >= 15 is 4.39 Å². The minimum atomic E-state index is -0.691. The molecule has 0 N–H and O–H groups in total. The zero-order valence-corrected chi connectivity index (χ0v) is 24.4. The lowest BCUT2D eigenvalue weighted by Crippen LogP contribution is -2.37. The van der Waals surface area contributed by atoms with Crippen molar-refractivity contribution in [2.24, 2.45) is 15.9 Å². The largest absolute Gasteiger partial charge is 0.356 e. The Bertz CT molecular complexity index is 1720. The SMILES string of the molecule is CCCN=C=NCC1CCN(c2nc(=O)n(-c3c(C)ccnc3C(C)C)c3nc(-c4ccccc4F)c(F)cc23)CC1. The summed E-state index contributed by atoms with van der Waals surface area (Å²) in [6, 6.07) is 11.8. The fourth-order valence-corrected chi connectivity index (χ4v) is 5.38. The number of fused-ring (bicyclic) bond motifs is 1. The van der Waals surface area contributed by atoms with E-state index in [-0.39, 0.29) is 22.8 Å². The lowest BCUT2D eigenvalue weighted by atomic mass is 9.97. The number of halogens is 2. The Morgan fingerprint density at radius 3 is 2.55 bits per heavy atom. The minimum Gasteiger partial charge on any atom is -0.356 e. The third kappa shape index (κ3) is 5.85. The van der Waals surface area contributed by atoms with Crippen molar-refractivity contribution in [1.82, 2.24) is 19.5 Å². The van der Waals surface area contributed by atoms with Crippen LogP contribution in [0, 0.1) is 24.5 Å². The van der Waals surface area contributed by atoms with Crippen molar-refractivity contribution in [3.05, 3.63) is 76.0 Å². The third-order valence-electron chi connectivity index (χ3n) is 7.60. The first-order valence-electron chi connectivity index (χ1n) is 14.5. The van der Waals surface area contributed by atoms with Gasteiger partial charge in [0.15, 0.2) is 5.65 Å². The summed E-state index contributed by atoms with van der Waals surface area (Å²) in [5.74, 6) is -0.579. The van der Waals surface area contributed by atoms with Crippen LogP contribution in [0.3, 0.4) is 0 Å². The normalized spacial score (nSPS) is 13.9. The first kappa shape index (κ1) is 29.2. The van der Waals surface area contributed by atoms with E-state index in [0.29, 0.717) is 54.7 Å². The van der Waals surface area contributed by atoms with Gasteiger partial charge in [-0.25, -0.2) is 33.1 Å². The summed E-state index contributed by atoms with van der Waals surface area (Å²) in [4.78, 5) is 38.0. The smallest absolute Gasteiger partial charge is 0.355 e. The van der Waals surface area contributed by atoms with Crippen LogP contribution >= 0.6 is 0 Å². The van der Waals surface area contributed by atoms with Crippen LogP contribution in [0.5, 0.6) is 0 Å². The molecule has 0 radical (unpaired) electrons. The fourth-order valence-electron chi connectivity index (χ4n) is 5.38. The maximum Gasteiger partial charge on any atom is 0.355 e. The Kier molecular flexibility index (Phi) is 8.83. The Labute approximate surface area is 243 Å². The first-order valence-corrected chi connectivity index (χ1v) is 14.5. The highest BCUT2D eigenvalue weighted by Crippen LogP contribution is 2.34. The molecule has 1 saturated heterocycles. The summed E-state index contributed by atoms with van der Waals surface area (Å²) in [6.45, 7) is 10.5. The number of piperidine rings is 1. The Hall–Kier alpha value is -4.30. The highest BCUT2D eigenvalue weighted by molar-refractivity contribution is 5.90. The van der Waals surface area contributed by atoms with Gasteiger partial charge in [0.1, 0.15) is 23.1 Å². The molecule has 1 aromatic carbocycles. The number of rotatable bonds is 8. The highest BCUT2D eigenvalue weighted by atomic mass is 19.1. The summed E-state index contributed by atoms with van der Waals surface area (Å²) in [5, 5.41) is 0.383. The summed E-state index contributed by atoms with van der Waals surface area (Å²) in [7, 11) is 0. The highest BCUT2D eigenvalue weighted by Gasteiger charge is 2.27. The number of hydrogen-bond donors (Lipinski definition) is 0. The molecule has 0 saturated carbocycles. The molecule has 8 nitrogen and oxygen atoms in total. The molecule has 0 unspecified atom stereocenters. The van der Waals surface area contributed by atoms with Crippen molar-refractivity contribution in [2.45, 2.75) is 52.9 Å². The Morgan fingerprint density at radius 2 is 1.83 bits per heavy atom. The Morgan fingerprint density at radius 1 is 1.07 bits per heavy atom. The van der Waals surface area contributed by atoms with E-state index in [1.54, 1.807) is 12.3 Å². The summed E-state index contributed by atoms with van der Waals surface area (Å²) < 4.78 is 32.0. The molecule has 218 valence electrons. The van der Waals surface area contributed by atoms with Crippen molar-refractivity contribution in [3.8, 4) is 16.9 Å². The van der Waals surface area contributed by atoms with Crippen LogP contribution < -0.4 is 10.6 Å². The lowest BCUT2D eigenvalue weighted by Gasteiger charge is -2.32. The molecule has 0 amide bonds. The number of aromatic nitrogens is 4. The molecule has 5 rings (SSSR count). The van der Waals surface area contributed by atoms with E-state index in [1.165, 1.54) is 28.8 Å². The second-order valence-electron chi connectivity index (χ2n) is 11.0. The van der Waals surface area contributed by atoms with Gasteiger partial charge in [-0.2, -0.15) is 4.98 Å². The van der Waals surface area contributed by atoms with Crippen LogP contribution in [0.25, 0.3) is 28.0 Å². The zero-order valence-electron chi connectivity index (χ0n) is 24.4. The van der Waals surface area contributed by atoms with Gasteiger partial charge >= 0.3 is 5.69 Å². The topological polar surface area (TPSA) is 88.6 Å². The number of aliphatic imine (C=N–C) groups is 2. The first-order chi connectivity index (χ1) is 20.3. The maximum absolute atomic E-state index is 15.7. The van der Waals surface area contributed by atoms with Crippen LogP contribution in [0.4, 0.5) is 14.6 Å². The minimum absolute atomic E-state index is 0.0123. The summed E-state index contributed by atoms with van der Waals surface area (Å²) in [6.07, 6.45) is 4.31. The van der Waals surface area contributed by atoms with Gasteiger partial charge in [-0.05, 0) is 67.9 Å². The van der Waals surface area contributed by atoms with Crippen LogP contribution in [-0.2, 0) is 0 Å². The summed E-state index contributed by atoms with van der Waals surface area (Å²) in [5.41, 5.74) is 1.56. The molecule has 0 spiro atoms. The van der Waals surface area contributed by atoms with Crippen molar-refractivity contribution in [2.75, 3.05) is 31.1 Å². The van der Waals surface area contributed by atoms with Gasteiger partial charge in [-0.3, -0.25) is 4.98 Å². The average molecular weight is 572 g/mol. The zero-order chi connectivity index (χ0) is 29.8. The van der Waals surface area contributed by atoms with Gasteiger partial charge in [-0.15, -0.1) is 0 Å².